The van der Waals surface area contributed by atoms with Crippen molar-refractivity contribution in [1.82, 2.24) is 15.1 Å². The van der Waals surface area contributed by atoms with E-state index in [1.54, 1.807) is 11.7 Å². The lowest BCUT2D eigenvalue weighted by Gasteiger charge is -2.58. The van der Waals surface area contributed by atoms with Gasteiger partial charge in [-0.3, -0.25) is 9.48 Å². The highest BCUT2D eigenvalue weighted by Crippen LogP contribution is 2.38. The highest BCUT2D eigenvalue weighted by atomic mass is 16.5. The average Bonchev–Trinajstić information content (AvgIpc) is 2.86. The van der Waals surface area contributed by atoms with Crippen LogP contribution in [0.4, 0.5) is 0 Å². The van der Waals surface area contributed by atoms with Crippen LogP contribution in [0.2, 0.25) is 0 Å². The monoisotopic (exact) mass is 328 g/mol. The standard InChI is InChI=1S/C18H24N4O2/c1-21-16-9-4-3-8-15(16)17(20-21)18(23)19-12-10-13-6-5-7-14(11-12)22(13,2)24/h3-4,8-9,12-14H,5-7,10-11H2,1-2H3,(H,19,23)/t12?,13-,14+,22?. The largest absolute Gasteiger partial charge is 0.633 e. The first kappa shape index (κ1) is 15.6. The van der Waals surface area contributed by atoms with E-state index in [-0.39, 0.29) is 28.7 Å². The van der Waals surface area contributed by atoms with Gasteiger partial charge in [-0.15, -0.1) is 0 Å². The van der Waals surface area contributed by atoms with E-state index in [0.29, 0.717) is 5.69 Å². The average molecular weight is 328 g/mol. The van der Waals surface area contributed by atoms with Crippen LogP contribution in [0.3, 0.4) is 0 Å². The number of aryl methyl sites for hydroxylation is 1. The van der Waals surface area contributed by atoms with Crippen molar-refractivity contribution in [2.45, 2.75) is 50.2 Å². The number of hydrogen-bond donors (Lipinski definition) is 1. The van der Waals surface area contributed by atoms with Gasteiger partial charge in [0.2, 0.25) is 0 Å². The summed E-state index contributed by atoms with van der Waals surface area (Å²) >= 11 is 0. The molecule has 2 bridgehead atoms. The van der Waals surface area contributed by atoms with Gasteiger partial charge in [0.1, 0.15) is 0 Å². The summed E-state index contributed by atoms with van der Waals surface area (Å²) in [6.07, 6.45) is 4.61. The first-order chi connectivity index (χ1) is 11.5. The normalized spacial score (nSPS) is 32.7. The SMILES string of the molecule is Cn1nc(C(=O)NC2C[C@H]3CCC[C@@H](C2)[N+]3(C)[O-])c2ccccc21. The highest BCUT2D eigenvalue weighted by Gasteiger charge is 2.44. The number of rotatable bonds is 2. The van der Waals surface area contributed by atoms with Gasteiger partial charge in [-0.05, 0) is 12.5 Å². The molecule has 2 unspecified atom stereocenters. The van der Waals surface area contributed by atoms with Gasteiger partial charge < -0.3 is 15.2 Å². The summed E-state index contributed by atoms with van der Waals surface area (Å²) < 4.78 is 1.62. The van der Waals surface area contributed by atoms with Crippen LogP contribution in [0.25, 0.3) is 10.9 Å². The Labute approximate surface area is 141 Å². The smallest absolute Gasteiger partial charge is 0.272 e. The van der Waals surface area contributed by atoms with E-state index >= 15 is 0 Å². The van der Waals surface area contributed by atoms with Crippen molar-refractivity contribution in [3.8, 4) is 0 Å². The predicted molar refractivity (Wildman–Crippen MR) is 92.2 cm³/mol. The lowest BCUT2D eigenvalue weighted by molar-refractivity contribution is -0.922. The van der Waals surface area contributed by atoms with Crippen LogP contribution in [0.1, 0.15) is 42.6 Å². The summed E-state index contributed by atoms with van der Waals surface area (Å²) in [5.41, 5.74) is 1.43. The summed E-state index contributed by atoms with van der Waals surface area (Å²) in [7, 11) is 3.66. The van der Waals surface area contributed by atoms with E-state index in [2.05, 4.69) is 10.4 Å². The maximum atomic E-state index is 12.8. The molecule has 3 heterocycles. The molecule has 0 radical (unpaired) electrons. The molecule has 2 fully saturated rings. The molecule has 2 aromatic rings. The summed E-state index contributed by atoms with van der Waals surface area (Å²) in [4.78, 5) is 12.8. The number of quaternary nitrogens is 1. The molecule has 0 spiro atoms. The summed E-state index contributed by atoms with van der Waals surface area (Å²) in [5, 5.41) is 21.2. The summed E-state index contributed by atoms with van der Waals surface area (Å²) in [5.74, 6) is -0.128. The number of nitrogens with one attached hydrogen (secondary N) is 1. The zero-order valence-electron chi connectivity index (χ0n) is 14.2. The maximum Gasteiger partial charge on any atom is 0.272 e. The third kappa shape index (κ3) is 2.41. The van der Waals surface area contributed by atoms with Crippen molar-refractivity contribution < 1.29 is 9.44 Å². The fraction of sp³-hybridized carbons (Fsp3) is 0.556. The third-order valence-electron chi connectivity index (χ3n) is 5.95. The number of carbonyl (C=O) groups excluding carboxylic acids is 1. The molecule has 2 aliphatic heterocycles. The Balaban J connectivity index is 1.54. The van der Waals surface area contributed by atoms with Gasteiger partial charge >= 0.3 is 0 Å². The number of carbonyl (C=O) groups is 1. The number of piperidine rings is 2. The number of aromatic nitrogens is 2. The zero-order chi connectivity index (χ0) is 16.9. The Morgan fingerprint density at radius 1 is 1.29 bits per heavy atom. The van der Waals surface area contributed by atoms with Gasteiger partial charge in [0.25, 0.3) is 5.91 Å². The van der Waals surface area contributed by atoms with Crippen LogP contribution in [0.15, 0.2) is 24.3 Å². The van der Waals surface area contributed by atoms with E-state index in [9.17, 15) is 10.0 Å². The molecule has 0 saturated carbocycles. The van der Waals surface area contributed by atoms with Gasteiger partial charge in [-0.1, -0.05) is 18.2 Å². The fourth-order valence-corrected chi connectivity index (χ4v) is 4.56. The van der Waals surface area contributed by atoms with Gasteiger partial charge in [-0.25, -0.2) is 0 Å². The van der Waals surface area contributed by atoms with Crippen LogP contribution in [0, 0.1) is 5.21 Å². The molecule has 128 valence electrons. The molecular weight excluding hydrogens is 304 g/mol. The molecule has 4 atom stereocenters. The van der Waals surface area contributed by atoms with Crippen molar-refractivity contribution in [1.29, 1.82) is 0 Å². The molecule has 0 aliphatic carbocycles. The summed E-state index contributed by atoms with van der Waals surface area (Å²) in [6, 6.07) is 8.07. The molecule has 6 nitrogen and oxygen atoms in total. The van der Waals surface area contributed by atoms with E-state index < -0.39 is 0 Å². The van der Waals surface area contributed by atoms with Crippen molar-refractivity contribution >= 4 is 16.8 Å². The number of nitrogens with zero attached hydrogens (tertiary/aromatic N) is 3. The minimum atomic E-state index is -0.128. The lowest BCUT2D eigenvalue weighted by Crippen LogP contribution is -2.64. The number of hydrogen-bond acceptors (Lipinski definition) is 3. The Morgan fingerprint density at radius 2 is 1.96 bits per heavy atom. The molecule has 4 rings (SSSR count). The van der Waals surface area contributed by atoms with E-state index in [1.165, 1.54) is 0 Å². The highest BCUT2D eigenvalue weighted by molar-refractivity contribution is 6.04. The van der Waals surface area contributed by atoms with Crippen molar-refractivity contribution in [3.63, 3.8) is 0 Å². The Hall–Kier alpha value is -1.92. The van der Waals surface area contributed by atoms with E-state index in [1.807, 2.05) is 31.3 Å². The Morgan fingerprint density at radius 3 is 2.67 bits per heavy atom. The minimum Gasteiger partial charge on any atom is -0.633 e. The van der Waals surface area contributed by atoms with Gasteiger partial charge in [0, 0.05) is 44.2 Å². The predicted octanol–water partition coefficient (Wildman–Crippen LogP) is 2.33. The van der Waals surface area contributed by atoms with Gasteiger partial charge in [-0.2, -0.15) is 5.10 Å². The second-order valence-electron chi connectivity index (χ2n) is 7.43. The summed E-state index contributed by atoms with van der Waals surface area (Å²) in [6.45, 7) is 0. The second kappa shape index (κ2) is 5.57. The molecule has 24 heavy (non-hydrogen) atoms. The number of fused-ring (bicyclic) bond motifs is 3. The third-order valence-corrected chi connectivity index (χ3v) is 5.95. The number of hydroxylamine groups is 3. The second-order valence-corrected chi connectivity index (χ2v) is 7.43. The first-order valence-corrected chi connectivity index (χ1v) is 8.76. The molecule has 2 saturated heterocycles. The molecule has 1 N–H and O–H groups in total. The molecule has 1 amide bonds. The fourth-order valence-electron chi connectivity index (χ4n) is 4.56. The van der Waals surface area contributed by atoms with Crippen LogP contribution >= 0.6 is 0 Å². The minimum absolute atomic E-state index is 0.0775. The van der Waals surface area contributed by atoms with Crippen molar-refractivity contribution in [2.75, 3.05) is 7.05 Å². The molecule has 1 aromatic carbocycles. The topological polar surface area (TPSA) is 70.0 Å². The molecule has 1 aromatic heterocycles. The molecule has 2 aliphatic rings. The zero-order valence-corrected chi connectivity index (χ0v) is 14.2. The number of para-hydroxylation sites is 1. The molecular formula is C18H24N4O2. The Kier molecular flexibility index (Phi) is 3.62. The van der Waals surface area contributed by atoms with Crippen LogP contribution in [-0.4, -0.2) is 45.5 Å². The molecule has 6 heteroatoms. The van der Waals surface area contributed by atoms with Gasteiger partial charge in [0.15, 0.2) is 5.69 Å². The van der Waals surface area contributed by atoms with Crippen LogP contribution < -0.4 is 5.32 Å². The van der Waals surface area contributed by atoms with Gasteiger partial charge in [0.05, 0.1) is 24.6 Å². The first-order valence-electron chi connectivity index (χ1n) is 8.76. The quantitative estimate of drug-likeness (QED) is 0.679. The van der Waals surface area contributed by atoms with E-state index in [0.717, 1.165) is 43.0 Å². The number of benzene rings is 1. The lowest BCUT2D eigenvalue weighted by atomic mass is 9.81. The van der Waals surface area contributed by atoms with Crippen LogP contribution in [0.5, 0.6) is 0 Å². The maximum absolute atomic E-state index is 12.8. The van der Waals surface area contributed by atoms with Crippen molar-refractivity contribution in [3.05, 3.63) is 35.2 Å². The van der Waals surface area contributed by atoms with Crippen LogP contribution in [-0.2, 0) is 7.05 Å². The number of amides is 1. The van der Waals surface area contributed by atoms with E-state index in [4.69, 9.17) is 0 Å². The van der Waals surface area contributed by atoms with Crippen molar-refractivity contribution in [2.24, 2.45) is 7.05 Å². The Bertz CT molecular complexity index is 766.